The minimum Gasteiger partial charge on any atom is -0.389 e. The average molecular weight is 501 g/mol. The van der Waals surface area contributed by atoms with E-state index in [2.05, 4.69) is 4.98 Å². The number of aliphatic hydroxyl groups excluding tert-OH is 1. The number of benzene rings is 2. The van der Waals surface area contributed by atoms with Crippen molar-refractivity contribution in [2.45, 2.75) is 50.3 Å². The van der Waals surface area contributed by atoms with Crippen molar-refractivity contribution in [3.8, 4) is 11.1 Å². The van der Waals surface area contributed by atoms with Gasteiger partial charge in [-0.1, -0.05) is 31.0 Å². The number of fused-ring (bicyclic) bond motifs is 1. The van der Waals surface area contributed by atoms with Crippen molar-refractivity contribution in [1.82, 2.24) is 9.55 Å². The van der Waals surface area contributed by atoms with E-state index in [0.29, 0.717) is 22.0 Å². The molecule has 4 rings (SSSR count). The van der Waals surface area contributed by atoms with Crippen molar-refractivity contribution in [1.29, 1.82) is 0 Å². The number of carbonyl (C=O) groups is 1. The molecule has 7 nitrogen and oxygen atoms in total. The summed E-state index contributed by atoms with van der Waals surface area (Å²) in [5.74, 6) is -0.366. The van der Waals surface area contributed by atoms with Crippen LogP contribution in [-0.4, -0.2) is 46.5 Å². The van der Waals surface area contributed by atoms with Crippen LogP contribution in [0.25, 0.3) is 22.0 Å². The van der Waals surface area contributed by atoms with Gasteiger partial charge in [-0.25, -0.2) is 17.8 Å². The van der Waals surface area contributed by atoms with Gasteiger partial charge in [0.1, 0.15) is 17.2 Å². The molecule has 1 atom stereocenters. The van der Waals surface area contributed by atoms with Crippen LogP contribution in [0.1, 0.15) is 38.2 Å². The lowest BCUT2D eigenvalue weighted by molar-refractivity contribution is -0.124. The molecule has 1 aliphatic rings. The Hall–Kier alpha value is -2.91. The van der Waals surface area contributed by atoms with Crippen molar-refractivity contribution < 1.29 is 22.7 Å². The van der Waals surface area contributed by atoms with Crippen LogP contribution in [0.15, 0.2) is 47.5 Å². The zero-order valence-corrected chi connectivity index (χ0v) is 20.6. The number of aryl methyl sites for hydroxylation is 2. The summed E-state index contributed by atoms with van der Waals surface area (Å²) in [7, 11) is -3.83. The monoisotopic (exact) mass is 500 g/mol. The molecular formula is C26H29FN2O5S. The number of hydrogen-bond donors (Lipinski definition) is 1. The Labute approximate surface area is 203 Å². The molecule has 0 unspecified atom stereocenters. The third-order valence-corrected chi connectivity index (χ3v) is 9.16. The van der Waals surface area contributed by atoms with Gasteiger partial charge in [0.05, 0.1) is 17.2 Å². The maximum atomic E-state index is 14.8. The number of aromatic nitrogens is 2. The van der Waals surface area contributed by atoms with Crippen LogP contribution in [0.4, 0.5) is 4.39 Å². The van der Waals surface area contributed by atoms with E-state index in [4.69, 9.17) is 0 Å². The molecule has 1 fully saturated rings. The number of carbonyl (C=O) groups excluding carboxylic acids is 1. The second-order valence-electron chi connectivity index (χ2n) is 9.61. The van der Waals surface area contributed by atoms with Gasteiger partial charge in [0.2, 0.25) is 0 Å². The molecule has 35 heavy (non-hydrogen) atoms. The molecule has 1 aromatic heterocycles. The molecule has 3 aromatic rings. The summed E-state index contributed by atoms with van der Waals surface area (Å²) in [4.78, 5) is 29.4. The van der Waals surface area contributed by atoms with Gasteiger partial charge in [0, 0.05) is 18.4 Å². The van der Waals surface area contributed by atoms with E-state index in [1.165, 1.54) is 30.7 Å². The molecule has 0 amide bonds. The Morgan fingerprint density at radius 1 is 1.23 bits per heavy atom. The molecule has 0 spiro atoms. The summed E-state index contributed by atoms with van der Waals surface area (Å²) in [5.41, 5.74) is 2.00. The summed E-state index contributed by atoms with van der Waals surface area (Å²) in [6.07, 6.45) is 6.52. The van der Waals surface area contributed by atoms with Crippen molar-refractivity contribution in [2.24, 2.45) is 5.92 Å². The molecular weight excluding hydrogens is 471 g/mol. The lowest BCUT2D eigenvalue weighted by Crippen LogP contribution is -2.46. The minimum absolute atomic E-state index is 0.0736. The van der Waals surface area contributed by atoms with Gasteiger partial charge in [-0.3, -0.25) is 14.2 Å². The molecule has 1 saturated carbocycles. The normalized spacial score (nSPS) is 15.8. The molecule has 0 saturated heterocycles. The maximum Gasteiger partial charge on any atom is 0.261 e. The number of aliphatic hydroxyl groups is 1. The molecule has 0 aliphatic heterocycles. The summed E-state index contributed by atoms with van der Waals surface area (Å²) in [6.45, 7) is 0.267. The van der Waals surface area contributed by atoms with Crippen LogP contribution in [-0.2, 0) is 27.6 Å². The third-order valence-electron chi connectivity index (χ3n) is 7.09. The molecule has 1 heterocycles. The number of rotatable bonds is 10. The first-order valence-electron chi connectivity index (χ1n) is 11.7. The zero-order chi connectivity index (χ0) is 25.4. The highest BCUT2D eigenvalue weighted by Crippen LogP contribution is 2.34. The molecule has 1 N–H and O–H groups in total. The fourth-order valence-corrected chi connectivity index (χ4v) is 5.18. The average Bonchev–Trinajstić information content (AvgIpc) is 3.65. The predicted molar refractivity (Wildman–Crippen MR) is 132 cm³/mol. The lowest BCUT2D eigenvalue weighted by Gasteiger charge is -2.25. The van der Waals surface area contributed by atoms with Gasteiger partial charge >= 0.3 is 0 Å². The molecule has 9 heteroatoms. The van der Waals surface area contributed by atoms with Gasteiger partial charge in [0.15, 0.2) is 15.6 Å². The lowest BCUT2D eigenvalue weighted by atomic mass is 9.99. The van der Waals surface area contributed by atoms with E-state index >= 15 is 0 Å². The largest absolute Gasteiger partial charge is 0.389 e. The summed E-state index contributed by atoms with van der Waals surface area (Å²) >= 11 is 0. The molecule has 1 aliphatic carbocycles. The van der Waals surface area contributed by atoms with E-state index < -0.39 is 32.5 Å². The maximum absolute atomic E-state index is 14.8. The Kier molecular flexibility index (Phi) is 6.92. The van der Waals surface area contributed by atoms with Gasteiger partial charge in [0.25, 0.3) is 5.56 Å². The summed E-state index contributed by atoms with van der Waals surface area (Å²) in [5, 5.41) is 9.51. The SMILES string of the molecule is C[C@@](CCn1cnc2cc(-c3ccc(CCC4CC4)cc3F)ccc2c1=O)(C(=O)CO)S(C)(=O)=O. The van der Waals surface area contributed by atoms with Crippen molar-refractivity contribution in [3.63, 3.8) is 0 Å². The van der Waals surface area contributed by atoms with Crippen molar-refractivity contribution >= 4 is 26.5 Å². The van der Waals surface area contributed by atoms with E-state index in [1.54, 1.807) is 30.3 Å². The second-order valence-corrected chi connectivity index (χ2v) is 12.1. The topological polar surface area (TPSA) is 106 Å². The first kappa shape index (κ1) is 25.2. The van der Waals surface area contributed by atoms with E-state index in [-0.39, 0.29) is 18.8 Å². The standard InChI is InChI=1S/C26H29FN2O5S/c1-26(24(31)15-30,35(2,33)34)11-12-29-16-28-23-14-19(8-10-21(23)25(29)32)20-9-7-18(13-22(20)27)6-5-17-3-4-17/h7-10,13-14,16-17,30H,3-6,11-12,15H2,1-2H3/t26-/m1/s1. The highest BCUT2D eigenvalue weighted by molar-refractivity contribution is 7.92. The second kappa shape index (κ2) is 9.62. The Morgan fingerprint density at radius 3 is 2.60 bits per heavy atom. The van der Waals surface area contributed by atoms with Crippen LogP contribution in [0.5, 0.6) is 0 Å². The van der Waals surface area contributed by atoms with Gasteiger partial charge in [-0.05, 0) is 61.4 Å². The fraction of sp³-hybridized carbons (Fsp3) is 0.423. The molecule has 2 aromatic carbocycles. The van der Waals surface area contributed by atoms with E-state index in [9.17, 15) is 27.5 Å². The van der Waals surface area contributed by atoms with Gasteiger partial charge < -0.3 is 5.11 Å². The number of hydrogen-bond acceptors (Lipinski definition) is 6. The summed E-state index contributed by atoms with van der Waals surface area (Å²) in [6, 6.07) is 10.1. The van der Waals surface area contributed by atoms with Crippen molar-refractivity contribution in [3.05, 3.63) is 64.5 Å². The molecule has 0 bridgehead atoms. The van der Waals surface area contributed by atoms with Crippen LogP contribution in [0.2, 0.25) is 0 Å². The van der Waals surface area contributed by atoms with Gasteiger partial charge in [-0.15, -0.1) is 0 Å². The Morgan fingerprint density at radius 2 is 1.97 bits per heavy atom. The number of sulfone groups is 1. The zero-order valence-electron chi connectivity index (χ0n) is 19.8. The number of Topliss-reactive ketones (excluding diaryl/α,β-unsaturated/α-hetero) is 1. The van der Waals surface area contributed by atoms with Crippen LogP contribution >= 0.6 is 0 Å². The first-order chi connectivity index (χ1) is 16.5. The van der Waals surface area contributed by atoms with Crippen LogP contribution < -0.4 is 5.56 Å². The number of ketones is 1. The van der Waals surface area contributed by atoms with Crippen LogP contribution in [0, 0.1) is 11.7 Å². The van der Waals surface area contributed by atoms with Crippen molar-refractivity contribution in [2.75, 3.05) is 12.9 Å². The molecule has 0 radical (unpaired) electrons. The van der Waals surface area contributed by atoms with Gasteiger partial charge in [-0.2, -0.15) is 0 Å². The number of nitrogens with zero attached hydrogens (tertiary/aromatic N) is 2. The first-order valence-corrected chi connectivity index (χ1v) is 13.5. The quantitative estimate of drug-likeness (QED) is 0.458. The Bertz CT molecular complexity index is 1450. The van der Waals surface area contributed by atoms with Crippen LogP contribution in [0.3, 0.4) is 0 Å². The predicted octanol–water partition coefficient (Wildman–Crippen LogP) is 3.30. The highest BCUT2D eigenvalue weighted by Gasteiger charge is 2.42. The fourth-order valence-electron chi connectivity index (χ4n) is 4.24. The number of halogens is 1. The highest BCUT2D eigenvalue weighted by atomic mass is 32.2. The smallest absolute Gasteiger partial charge is 0.261 e. The third kappa shape index (κ3) is 5.21. The Balaban J connectivity index is 1.58. The van der Waals surface area contributed by atoms with E-state index in [1.807, 2.05) is 6.07 Å². The van der Waals surface area contributed by atoms with E-state index in [0.717, 1.165) is 30.6 Å². The minimum atomic E-state index is -3.83. The molecule has 186 valence electrons. The summed E-state index contributed by atoms with van der Waals surface area (Å²) < 4.78 is 38.7.